The molecule has 0 heterocycles. The number of rotatable bonds is 9. The Morgan fingerprint density at radius 1 is 0.138 bits per heavy atom. The normalized spacial score (nSPS) is 10.4. The van der Waals surface area contributed by atoms with Crippen LogP contribution in [0.15, 0.2) is 273 Å². The molecule has 0 N–H and O–H groups in total. The molecule has 4 heteroatoms. The quantitative estimate of drug-likeness (QED) is 0.127. The summed E-state index contributed by atoms with van der Waals surface area (Å²) < 4.78 is 0. The van der Waals surface area contributed by atoms with Gasteiger partial charge in [0.1, 0.15) is 0 Å². The molecule has 284 valence electrons. The van der Waals surface area contributed by atoms with Crippen molar-refractivity contribution >= 4 is 88.5 Å². The summed E-state index contributed by atoms with van der Waals surface area (Å²) in [6, 6.07) is 97.0. The van der Waals surface area contributed by atoms with E-state index < -0.39 is 23.8 Å². The lowest BCUT2D eigenvalue weighted by atomic mass is 10.4. The lowest BCUT2D eigenvalue weighted by molar-refractivity contribution is 1.74. The van der Waals surface area contributed by atoms with Gasteiger partial charge in [-0.05, 0) is 71.5 Å². The Bertz CT molecular complexity index is 1860. The largest absolute Gasteiger partial charge is 0.114 e. The number of hydrogen-bond acceptors (Lipinski definition) is 0. The van der Waals surface area contributed by atoms with Crippen LogP contribution in [-0.2, 0) is 0 Å². The van der Waals surface area contributed by atoms with Gasteiger partial charge < -0.3 is 0 Å². The molecule has 0 nitrogen and oxygen atoms in total. The molecule has 0 aliphatic rings. The monoisotopic (exact) mass is 866 g/mol. The first kappa shape index (κ1) is 42.4. The Morgan fingerprint density at radius 2 is 0.224 bits per heavy atom. The Kier molecular flexibility index (Phi) is 17.0. The highest BCUT2D eigenvalue weighted by molar-refractivity contribution is 8.93. The molecular weight excluding hydrogens is 821 g/mol. The molecule has 0 spiro atoms. The van der Waals surface area contributed by atoms with E-state index in [0.29, 0.717) is 0 Å². The van der Waals surface area contributed by atoms with Crippen molar-refractivity contribution in [2.24, 2.45) is 0 Å². The standard InChI is InChI=1S/3C18H15P.BrH/c3*1-4-10-16(11-5-1)19(17-12-6-2-7-13-17)18-14-8-3-9-15-18;/h3*1-15H;1H. The van der Waals surface area contributed by atoms with Gasteiger partial charge in [-0.2, -0.15) is 0 Å². The van der Waals surface area contributed by atoms with E-state index in [9.17, 15) is 0 Å². The van der Waals surface area contributed by atoms with E-state index in [-0.39, 0.29) is 17.0 Å². The second kappa shape index (κ2) is 23.2. The minimum atomic E-state index is -0.446. The van der Waals surface area contributed by atoms with Gasteiger partial charge in [0.15, 0.2) is 0 Å². The van der Waals surface area contributed by atoms with Crippen LogP contribution in [0.4, 0.5) is 0 Å². The molecule has 9 rings (SSSR count). The first-order valence-corrected chi connectivity index (χ1v) is 23.2. The maximum Gasteiger partial charge on any atom is -0.0134 e. The fourth-order valence-corrected chi connectivity index (χ4v) is 13.5. The van der Waals surface area contributed by atoms with Gasteiger partial charge in [-0.1, -0.05) is 273 Å². The zero-order valence-corrected chi connectivity index (χ0v) is 36.6. The highest BCUT2D eigenvalue weighted by Crippen LogP contribution is 2.34. The highest BCUT2D eigenvalue weighted by atomic mass is 79.9. The third-order valence-corrected chi connectivity index (χ3v) is 16.5. The van der Waals surface area contributed by atoms with E-state index in [1.54, 1.807) is 0 Å². The first-order valence-electron chi connectivity index (χ1n) is 19.2. The summed E-state index contributed by atoms with van der Waals surface area (Å²) in [7, 11) is -1.34. The summed E-state index contributed by atoms with van der Waals surface area (Å²) in [5, 5.41) is 12.6. The molecule has 58 heavy (non-hydrogen) atoms. The summed E-state index contributed by atoms with van der Waals surface area (Å²) in [6.07, 6.45) is 0. The smallest absolute Gasteiger partial charge is 0.0134 e. The van der Waals surface area contributed by atoms with E-state index in [1.165, 1.54) is 47.7 Å². The lowest BCUT2D eigenvalue weighted by Crippen LogP contribution is -2.20. The van der Waals surface area contributed by atoms with Crippen molar-refractivity contribution in [3.05, 3.63) is 273 Å². The minimum Gasteiger partial charge on any atom is -0.114 e. The van der Waals surface area contributed by atoms with Crippen molar-refractivity contribution in [2.75, 3.05) is 0 Å². The third kappa shape index (κ3) is 11.9. The number of benzene rings is 9. The van der Waals surface area contributed by atoms with Crippen LogP contribution in [0.5, 0.6) is 0 Å². The molecular formula is C54H46BrP3. The van der Waals surface area contributed by atoms with Crippen molar-refractivity contribution in [1.82, 2.24) is 0 Å². The summed E-state index contributed by atoms with van der Waals surface area (Å²) >= 11 is 0. The molecule has 0 aromatic heterocycles. The summed E-state index contributed by atoms with van der Waals surface area (Å²) in [6.45, 7) is 0. The summed E-state index contributed by atoms with van der Waals surface area (Å²) in [5.41, 5.74) is 0. The fraction of sp³-hybridized carbons (Fsp3) is 0. The molecule has 0 fully saturated rings. The second-order valence-corrected chi connectivity index (χ2v) is 19.7. The van der Waals surface area contributed by atoms with Crippen LogP contribution in [-0.4, -0.2) is 0 Å². The molecule has 0 amide bonds. The van der Waals surface area contributed by atoms with Crippen molar-refractivity contribution in [1.29, 1.82) is 0 Å². The Morgan fingerprint density at radius 3 is 0.310 bits per heavy atom. The molecule has 0 aliphatic carbocycles. The van der Waals surface area contributed by atoms with E-state index in [4.69, 9.17) is 0 Å². The predicted octanol–water partition coefficient (Wildman–Crippen LogP) is 10.9. The van der Waals surface area contributed by atoms with Crippen LogP contribution in [0.25, 0.3) is 0 Å². The maximum atomic E-state index is 2.23. The van der Waals surface area contributed by atoms with Crippen LogP contribution in [0, 0.1) is 0 Å². The lowest BCUT2D eigenvalue weighted by Gasteiger charge is -2.18. The Balaban J connectivity index is 0.000000145. The SMILES string of the molecule is Br.c1ccc(P(c2ccccc2)c2ccccc2)cc1.c1ccc(P(c2ccccc2)c2ccccc2)cc1.c1ccc(P(c2ccccc2)c2ccccc2)cc1. The van der Waals surface area contributed by atoms with Crippen LogP contribution >= 0.6 is 40.7 Å². The van der Waals surface area contributed by atoms with Gasteiger partial charge >= 0.3 is 0 Å². The molecule has 0 unspecified atom stereocenters. The maximum absolute atomic E-state index is 2.23. The zero-order chi connectivity index (χ0) is 38.7. The van der Waals surface area contributed by atoms with Crippen LogP contribution in [0.3, 0.4) is 0 Å². The van der Waals surface area contributed by atoms with Gasteiger partial charge in [0.25, 0.3) is 0 Å². The zero-order valence-electron chi connectivity index (χ0n) is 32.2. The minimum absolute atomic E-state index is 0. The first-order chi connectivity index (χ1) is 28.3. The van der Waals surface area contributed by atoms with Gasteiger partial charge in [-0.25, -0.2) is 0 Å². The van der Waals surface area contributed by atoms with Crippen molar-refractivity contribution in [3.63, 3.8) is 0 Å². The number of halogens is 1. The van der Waals surface area contributed by atoms with Gasteiger partial charge in [0.05, 0.1) is 0 Å². The van der Waals surface area contributed by atoms with E-state index in [1.807, 2.05) is 0 Å². The molecule has 0 atom stereocenters. The molecule has 0 saturated carbocycles. The van der Waals surface area contributed by atoms with Crippen LogP contribution in [0.2, 0.25) is 0 Å². The van der Waals surface area contributed by atoms with Crippen LogP contribution in [0.1, 0.15) is 0 Å². The van der Waals surface area contributed by atoms with Gasteiger partial charge in [0, 0.05) is 0 Å². The molecule has 0 aliphatic heterocycles. The van der Waals surface area contributed by atoms with E-state index in [2.05, 4.69) is 273 Å². The van der Waals surface area contributed by atoms with Crippen molar-refractivity contribution in [2.45, 2.75) is 0 Å². The Hall–Kier alpha value is -5.25. The highest BCUT2D eigenvalue weighted by Gasteiger charge is 2.17. The average Bonchev–Trinajstić information content (AvgIpc) is 3.30. The molecule has 9 aromatic carbocycles. The van der Waals surface area contributed by atoms with Gasteiger partial charge in [0.2, 0.25) is 0 Å². The second-order valence-electron chi connectivity index (χ2n) is 13.0. The summed E-state index contributed by atoms with van der Waals surface area (Å²) in [4.78, 5) is 0. The topological polar surface area (TPSA) is 0 Å². The summed E-state index contributed by atoms with van der Waals surface area (Å²) in [5.74, 6) is 0. The van der Waals surface area contributed by atoms with Gasteiger partial charge in [-0.15, -0.1) is 17.0 Å². The number of hydrogen-bond donors (Lipinski definition) is 0. The van der Waals surface area contributed by atoms with E-state index >= 15 is 0 Å². The van der Waals surface area contributed by atoms with Crippen molar-refractivity contribution < 1.29 is 0 Å². The van der Waals surface area contributed by atoms with Gasteiger partial charge in [-0.3, -0.25) is 0 Å². The van der Waals surface area contributed by atoms with E-state index in [0.717, 1.165) is 0 Å². The average molecular weight is 868 g/mol. The molecule has 0 radical (unpaired) electrons. The Labute approximate surface area is 359 Å². The fourth-order valence-electron chi connectivity index (χ4n) is 6.54. The van der Waals surface area contributed by atoms with Crippen LogP contribution < -0.4 is 47.7 Å². The molecule has 0 bridgehead atoms. The molecule has 0 saturated heterocycles. The molecule has 9 aromatic rings. The van der Waals surface area contributed by atoms with Crippen molar-refractivity contribution in [3.8, 4) is 0 Å². The third-order valence-electron chi connectivity index (χ3n) is 9.13. The predicted molar refractivity (Wildman–Crippen MR) is 266 cm³/mol.